The fraction of sp³-hybridized carbons (Fsp3) is 0.158. The number of ether oxygens (including phenoxy) is 2. The molecule has 1 aromatic carbocycles. The maximum atomic E-state index is 13.0. The highest BCUT2D eigenvalue weighted by Gasteiger charge is 2.38. The largest absolute Gasteiger partial charge is 0.497 e. The second-order valence-corrected chi connectivity index (χ2v) is 6.35. The molecule has 2 heterocycles. The van der Waals surface area contributed by atoms with Crippen molar-refractivity contribution in [3.05, 3.63) is 63.5 Å². The molecule has 0 aliphatic carbocycles. The van der Waals surface area contributed by atoms with E-state index in [0.29, 0.717) is 22.7 Å². The average molecular weight is 355 g/mol. The Morgan fingerprint density at radius 1 is 1.20 bits per heavy atom. The lowest BCUT2D eigenvalue weighted by atomic mass is 10.1. The first kappa shape index (κ1) is 17.0. The summed E-state index contributed by atoms with van der Waals surface area (Å²) in [5.41, 5.74) is 1.78. The molecule has 5 nitrogen and oxygen atoms in total. The van der Waals surface area contributed by atoms with Gasteiger partial charge in [0.15, 0.2) is 0 Å². The summed E-state index contributed by atoms with van der Waals surface area (Å²) in [7, 11) is 2.87. The van der Waals surface area contributed by atoms with Crippen LogP contribution in [0.15, 0.2) is 58.6 Å². The first-order valence-electron chi connectivity index (χ1n) is 7.60. The molecule has 0 saturated heterocycles. The number of hydrogen-bond acceptors (Lipinski definition) is 5. The lowest BCUT2D eigenvalue weighted by Gasteiger charge is -2.18. The third-order valence-electron chi connectivity index (χ3n) is 3.93. The normalized spacial score (nSPS) is 15.9. The van der Waals surface area contributed by atoms with E-state index in [2.05, 4.69) is 0 Å². The van der Waals surface area contributed by atoms with Crippen LogP contribution in [0.3, 0.4) is 0 Å². The number of nitrogens with zero attached hydrogens (tertiary/aromatic N) is 1. The van der Waals surface area contributed by atoms with Gasteiger partial charge in [-0.3, -0.25) is 9.69 Å². The summed E-state index contributed by atoms with van der Waals surface area (Å²) >= 11 is 1.50. The van der Waals surface area contributed by atoms with Gasteiger partial charge in [-0.05, 0) is 36.6 Å². The van der Waals surface area contributed by atoms with Crippen LogP contribution in [0, 0.1) is 0 Å². The number of rotatable bonds is 4. The highest BCUT2D eigenvalue weighted by molar-refractivity contribution is 7.10. The van der Waals surface area contributed by atoms with Gasteiger partial charge in [-0.15, -0.1) is 11.3 Å². The van der Waals surface area contributed by atoms with Gasteiger partial charge in [0.25, 0.3) is 5.91 Å². The Hall–Kier alpha value is -2.86. The number of esters is 1. The number of methoxy groups -OCH3 is 2. The standard InChI is InChI=1S/C19H17NO4S/c1-12-17(19(22)24-3)16(11-15-8-5-9-25-15)18(21)20(12)13-6-4-7-14(10-13)23-2/h4-11H,1-3H3/b16-11-. The van der Waals surface area contributed by atoms with E-state index in [1.54, 1.807) is 44.4 Å². The van der Waals surface area contributed by atoms with Gasteiger partial charge in [-0.2, -0.15) is 0 Å². The summed E-state index contributed by atoms with van der Waals surface area (Å²) in [6.45, 7) is 1.74. The van der Waals surface area contributed by atoms with Gasteiger partial charge >= 0.3 is 5.97 Å². The summed E-state index contributed by atoms with van der Waals surface area (Å²) < 4.78 is 10.1. The Morgan fingerprint density at radius 2 is 2.00 bits per heavy atom. The minimum atomic E-state index is -0.529. The molecule has 0 unspecified atom stereocenters. The van der Waals surface area contributed by atoms with Crippen molar-refractivity contribution in [1.29, 1.82) is 0 Å². The maximum absolute atomic E-state index is 13.0. The minimum absolute atomic E-state index is 0.264. The second-order valence-electron chi connectivity index (χ2n) is 5.37. The Bertz CT molecular complexity index is 881. The Labute approximate surface area is 149 Å². The molecule has 0 saturated carbocycles. The average Bonchev–Trinajstić information content (AvgIpc) is 3.22. The van der Waals surface area contributed by atoms with Gasteiger partial charge in [0.1, 0.15) is 5.75 Å². The highest BCUT2D eigenvalue weighted by Crippen LogP contribution is 2.36. The third kappa shape index (κ3) is 3.08. The predicted molar refractivity (Wildman–Crippen MR) is 97.5 cm³/mol. The minimum Gasteiger partial charge on any atom is -0.497 e. The van der Waals surface area contributed by atoms with Crippen LogP contribution in [0.4, 0.5) is 5.69 Å². The molecule has 0 spiro atoms. The van der Waals surface area contributed by atoms with E-state index in [-0.39, 0.29) is 11.5 Å². The third-order valence-corrected chi connectivity index (χ3v) is 4.75. The molecule has 128 valence electrons. The SMILES string of the molecule is COC(=O)C1=C(C)N(c2cccc(OC)c2)C(=O)/C1=C\c1cccs1. The Balaban J connectivity index is 2.13. The Kier molecular flexibility index (Phi) is 4.72. The smallest absolute Gasteiger partial charge is 0.340 e. The molecule has 0 fully saturated rings. The van der Waals surface area contributed by atoms with Crippen molar-refractivity contribution in [3.8, 4) is 5.75 Å². The summed E-state index contributed by atoms with van der Waals surface area (Å²) in [5.74, 6) is -0.160. The lowest BCUT2D eigenvalue weighted by Crippen LogP contribution is -2.24. The van der Waals surface area contributed by atoms with Crippen LogP contribution >= 0.6 is 11.3 Å². The quantitative estimate of drug-likeness (QED) is 0.621. The number of allylic oxidation sites excluding steroid dienone is 1. The molecule has 1 amide bonds. The van der Waals surface area contributed by atoms with Crippen LogP contribution in [-0.4, -0.2) is 26.1 Å². The zero-order chi connectivity index (χ0) is 18.0. The number of anilines is 1. The van der Waals surface area contributed by atoms with E-state index in [9.17, 15) is 9.59 Å². The molecule has 0 N–H and O–H groups in total. The first-order chi connectivity index (χ1) is 12.1. The fourth-order valence-electron chi connectivity index (χ4n) is 2.76. The van der Waals surface area contributed by atoms with E-state index in [1.165, 1.54) is 23.3 Å². The molecular weight excluding hydrogens is 338 g/mol. The van der Waals surface area contributed by atoms with Crippen LogP contribution in [0.5, 0.6) is 5.75 Å². The highest BCUT2D eigenvalue weighted by atomic mass is 32.1. The van der Waals surface area contributed by atoms with Crippen LogP contribution < -0.4 is 9.64 Å². The van der Waals surface area contributed by atoms with Crippen molar-refractivity contribution in [2.45, 2.75) is 6.92 Å². The van der Waals surface area contributed by atoms with E-state index in [4.69, 9.17) is 9.47 Å². The van der Waals surface area contributed by atoms with Gasteiger partial charge in [-0.25, -0.2) is 4.79 Å². The van der Waals surface area contributed by atoms with Gasteiger partial charge in [0, 0.05) is 16.6 Å². The molecule has 0 radical (unpaired) electrons. The number of amides is 1. The number of benzene rings is 1. The summed E-state index contributed by atoms with van der Waals surface area (Å²) in [5, 5.41) is 1.92. The van der Waals surface area contributed by atoms with Gasteiger partial charge in [-0.1, -0.05) is 12.1 Å². The van der Waals surface area contributed by atoms with E-state index in [1.807, 2.05) is 17.5 Å². The van der Waals surface area contributed by atoms with Crippen molar-refractivity contribution in [3.63, 3.8) is 0 Å². The van der Waals surface area contributed by atoms with Gasteiger partial charge < -0.3 is 9.47 Å². The molecule has 1 aliphatic rings. The van der Waals surface area contributed by atoms with E-state index < -0.39 is 5.97 Å². The van der Waals surface area contributed by atoms with E-state index >= 15 is 0 Å². The summed E-state index contributed by atoms with van der Waals surface area (Å²) in [4.78, 5) is 27.7. The van der Waals surface area contributed by atoms with Crippen LogP contribution in [0.25, 0.3) is 6.08 Å². The van der Waals surface area contributed by atoms with Gasteiger partial charge in [0.2, 0.25) is 0 Å². The molecule has 2 aromatic rings. The van der Waals surface area contributed by atoms with Crippen molar-refractivity contribution in [2.24, 2.45) is 0 Å². The first-order valence-corrected chi connectivity index (χ1v) is 8.48. The number of carbonyl (C=O) groups is 2. The van der Waals surface area contributed by atoms with E-state index in [0.717, 1.165) is 4.88 Å². The maximum Gasteiger partial charge on any atom is 0.340 e. The second kappa shape index (κ2) is 6.94. The Morgan fingerprint density at radius 3 is 2.64 bits per heavy atom. The molecule has 3 rings (SSSR count). The van der Waals surface area contributed by atoms with Crippen molar-refractivity contribution < 1.29 is 19.1 Å². The molecule has 0 bridgehead atoms. The molecule has 6 heteroatoms. The molecular formula is C19H17NO4S. The van der Waals surface area contributed by atoms with Crippen LogP contribution in [-0.2, 0) is 14.3 Å². The fourth-order valence-corrected chi connectivity index (χ4v) is 3.41. The van der Waals surface area contributed by atoms with Crippen LogP contribution in [0.1, 0.15) is 11.8 Å². The lowest BCUT2D eigenvalue weighted by molar-refractivity contribution is -0.136. The van der Waals surface area contributed by atoms with Crippen molar-refractivity contribution >= 4 is 35.0 Å². The molecule has 1 aliphatic heterocycles. The number of carbonyl (C=O) groups excluding carboxylic acids is 2. The zero-order valence-electron chi connectivity index (χ0n) is 14.1. The van der Waals surface area contributed by atoms with Crippen LogP contribution in [0.2, 0.25) is 0 Å². The zero-order valence-corrected chi connectivity index (χ0v) is 14.9. The topological polar surface area (TPSA) is 55.8 Å². The van der Waals surface area contributed by atoms with Gasteiger partial charge in [0.05, 0.1) is 31.1 Å². The van der Waals surface area contributed by atoms with Crippen molar-refractivity contribution in [1.82, 2.24) is 0 Å². The summed E-state index contributed by atoms with van der Waals surface area (Å²) in [6.07, 6.45) is 1.73. The number of hydrogen-bond donors (Lipinski definition) is 0. The molecule has 1 aromatic heterocycles. The molecule has 25 heavy (non-hydrogen) atoms. The predicted octanol–water partition coefficient (Wildman–Crippen LogP) is 3.63. The number of thiophene rings is 1. The molecule has 0 atom stereocenters. The van der Waals surface area contributed by atoms with Crippen molar-refractivity contribution in [2.75, 3.05) is 19.1 Å². The summed E-state index contributed by atoms with van der Waals surface area (Å²) in [6, 6.07) is 10.9. The monoisotopic (exact) mass is 355 g/mol.